The number of hydrogen-bond donors (Lipinski definition) is 2. The van der Waals surface area contributed by atoms with Crippen molar-refractivity contribution in [3.8, 4) is 0 Å². The molecular weight excluding hydrogens is 390 g/mol. The molecule has 2 N–H and O–H groups in total. The van der Waals surface area contributed by atoms with Gasteiger partial charge in [0.15, 0.2) is 5.69 Å². The Bertz CT molecular complexity index is 1310. The zero-order valence-electron chi connectivity index (χ0n) is 16.8. The van der Waals surface area contributed by atoms with Crippen LogP contribution in [0.15, 0.2) is 71.7 Å². The van der Waals surface area contributed by atoms with Gasteiger partial charge < -0.3 is 10.2 Å². The maximum absolute atomic E-state index is 12.7. The third kappa shape index (κ3) is 3.77. The average molecular weight is 411 g/mol. The molecule has 3 heterocycles. The second-order valence-electron chi connectivity index (χ2n) is 7.59. The van der Waals surface area contributed by atoms with E-state index in [1.165, 1.54) is 11.1 Å². The molecule has 0 saturated heterocycles. The van der Waals surface area contributed by atoms with Crippen LogP contribution in [0, 0.1) is 0 Å². The van der Waals surface area contributed by atoms with Gasteiger partial charge in [-0.15, -0.1) is 0 Å². The molecule has 31 heavy (non-hydrogen) atoms. The molecule has 0 saturated carbocycles. The predicted molar refractivity (Wildman–Crippen MR) is 119 cm³/mol. The molecule has 1 amide bonds. The highest BCUT2D eigenvalue weighted by molar-refractivity contribution is 6.04. The van der Waals surface area contributed by atoms with Crippen LogP contribution in [0.2, 0.25) is 0 Å². The Labute approximate surface area is 178 Å². The number of hydrogen-bond acceptors (Lipinski definition) is 5. The van der Waals surface area contributed by atoms with E-state index in [9.17, 15) is 9.59 Å². The number of aromatic nitrogens is 3. The molecule has 2 aromatic carbocycles. The van der Waals surface area contributed by atoms with Crippen molar-refractivity contribution in [2.45, 2.75) is 19.5 Å². The Morgan fingerprint density at radius 3 is 2.58 bits per heavy atom. The summed E-state index contributed by atoms with van der Waals surface area (Å²) in [7, 11) is 0. The van der Waals surface area contributed by atoms with Crippen LogP contribution in [0.4, 0.5) is 5.82 Å². The van der Waals surface area contributed by atoms with Gasteiger partial charge in [0.1, 0.15) is 5.82 Å². The highest BCUT2D eigenvalue weighted by Crippen LogP contribution is 2.23. The van der Waals surface area contributed by atoms with Gasteiger partial charge in [0.05, 0.1) is 5.39 Å². The van der Waals surface area contributed by atoms with Crippen molar-refractivity contribution in [2.24, 2.45) is 0 Å². The van der Waals surface area contributed by atoms with Crippen molar-refractivity contribution in [1.82, 2.24) is 20.5 Å². The molecule has 4 aromatic rings. The number of H-pyrrole nitrogens is 1. The molecule has 0 radical (unpaired) electrons. The minimum atomic E-state index is -0.343. The Balaban J connectivity index is 1.26. The van der Waals surface area contributed by atoms with Crippen LogP contribution in [0.25, 0.3) is 10.8 Å². The number of aromatic amines is 1. The van der Waals surface area contributed by atoms with Crippen LogP contribution < -0.4 is 15.8 Å². The maximum atomic E-state index is 12.7. The smallest absolute Gasteiger partial charge is 0.272 e. The standard InChI is InChI=1S/C24H21N5O2/c30-23-20-8-4-3-7-19(20)22(27-28-23)24(31)26-14-16-9-10-21(25-13-16)29-12-11-17-5-1-2-6-18(17)15-29/h1-10,13H,11-12,14-15H2,(H,26,31)(H,28,30). The molecule has 0 spiro atoms. The third-order valence-electron chi connectivity index (χ3n) is 5.63. The Kier molecular flexibility index (Phi) is 4.92. The fraction of sp³-hybridized carbons (Fsp3) is 0.167. The molecule has 1 aliphatic rings. The molecule has 7 nitrogen and oxygen atoms in total. The molecular formula is C24H21N5O2. The van der Waals surface area contributed by atoms with Crippen LogP contribution in [0.3, 0.4) is 0 Å². The first-order valence-electron chi connectivity index (χ1n) is 10.2. The van der Waals surface area contributed by atoms with Crippen LogP contribution >= 0.6 is 0 Å². The Morgan fingerprint density at radius 2 is 1.77 bits per heavy atom. The van der Waals surface area contributed by atoms with Gasteiger partial charge in [0.2, 0.25) is 0 Å². The van der Waals surface area contributed by atoms with E-state index in [2.05, 4.69) is 49.7 Å². The summed E-state index contributed by atoms with van der Waals surface area (Å²) in [6.07, 6.45) is 2.80. The average Bonchev–Trinajstić information content (AvgIpc) is 2.83. The third-order valence-corrected chi connectivity index (χ3v) is 5.63. The number of fused-ring (bicyclic) bond motifs is 2. The number of amides is 1. The van der Waals surface area contributed by atoms with Crippen LogP contribution in [-0.4, -0.2) is 27.6 Å². The molecule has 0 bridgehead atoms. The van der Waals surface area contributed by atoms with Crippen molar-refractivity contribution in [3.63, 3.8) is 0 Å². The number of carbonyl (C=O) groups is 1. The summed E-state index contributed by atoms with van der Waals surface area (Å²) in [6.45, 7) is 2.11. The van der Waals surface area contributed by atoms with E-state index in [1.54, 1.807) is 30.5 Å². The van der Waals surface area contributed by atoms with Gasteiger partial charge in [0.25, 0.3) is 11.5 Å². The first kappa shape index (κ1) is 19.0. The van der Waals surface area contributed by atoms with E-state index < -0.39 is 0 Å². The summed E-state index contributed by atoms with van der Waals surface area (Å²) in [5.41, 5.74) is 3.52. The van der Waals surface area contributed by atoms with Gasteiger partial charge in [-0.25, -0.2) is 10.1 Å². The highest BCUT2D eigenvalue weighted by Gasteiger charge is 2.17. The van der Waals surface area contributed by atoms with Gasteiger partial charge in [0, 0.05) is 31.2 Å². The molecule has 0 atom stereocenters. The largest absolute Gasteiger partial charge is 0.352 e. The number of carbonyl (C=O) groups excluding carboxylic acids is 1. The lowest BCUT2D eigenvalue weighted by Crippen LogP contribution is -2.31. The van der Waals surface area contributed by atoms with E-state index in [0.717, 1.165) is 30.9 Å². The van der Waals surface area contributed by atoms with Crippen molar-refractivity contribution in [1.29, 1.82) is 0 Å². The van der Waals surface area contributed by atoms with Crippen molar-refractivity contribution in [3.05, 3.63) is 99.6 Å². The lowest BCUT2D eigenvalue weighted by Gasteiger charge is -2.29. The monoisotopic (exact) mass is 411 g/mol. The Morgan fingerprint density at radius 1 is 1.00 bits per heavy atom. The Hall–Kier alpha value is -4.00. The number of nitrogens with zero attached hydrogens (tertiary/aromatic N) is 3. The van der Waals surface area contributed by atoms with Gasteiger partial charge in [-0.3, -0.25) is 9.59 Å². The van der Waals surface area contributed by atoms with E-state index >= 15 is 0 Å². The summed E-state index contributed by atoms with van der Waals surface area (Å²) < 4.78 is 0. The molecule has 7 heteroatoms. The normalized spacial score (nSPS) is 13.1. The molecule has 1 aliphatic heterocycles. The number of benzene rings is 2. The van der Waals surface area contributed by atoms with Gasteiger partial charge in [-0.05, 0) is 35.2 Å². The SMILES string of the molecule is O=C(NCc1ccc(N2CCc3ccccc3C2)nc1)c1n[nH]c(=O)c2ccccc12. The number of nitrogens with one attached hydrogen (secondary N) is 2. The number of rotatable bonds is 4. The molecule has 0 aliphatic carbocycles. The van der Waals surface area contributed by atoms with Crippen molar-refractivity contribution in [2.75, 3.05) is 11.4 Å². The van der Waals surface area contributed by atoms with Gasteiger partial charge in [-0.2, -0.15) is 5.10 Å². The van der Waals surface area contributed by atoms with E-state index in [0.29, 0.717) is 17.3 Å². The second kappa shape index (κ2) is 8.02. The quantitative estimate of drug-likeness (QED) is 0.539. The van der Waals surface area contributed by atoms with Crippen molar-refractivity contribution < 1.29 is 4.79 Å². The fourth-order valence-electron chi connectivity index (χ4n) is 3.95. The molecule has 0 unspecified atom stereocenters. The van der Waals surface area contributed by atoms with E-state index in [1.807, 2.05) is 12.1 Å². The maximum Gasteiger partial charge on any atom is 0.272 e. The zero-order valence-corrected chi connectivity index (χ0v) is 16.8. The topological polar surface area (TPSA) is 91.0 Å². The number of anilines is 1. The zero-order chi connectivity index (χ0) is 21.2. The lowest BCUT2D eigenvalue weighted by atomic mass is 10.00. The van der Waals surface area contributed by atoms with Crippen LogP contribution in [0.5, 0.6) is 0 Å². The highest BCUT2D eigenvalue weighted by atomic mass is 16.2. The summed E-state index contributed by atoms with van der Waals surface area (Å²) >= 11 is 0. The summed E-state index contributed by atoms with van der Waals surface area (Å²) in [4.78, 5) is 31.4. The van der Waals surface area contributed by atoms with Gasteiger partial charge >= 0.3 is 0 Å². The molecule has 0 fully saturated rings. The van der Waals surface area contributed by atoms with Crippen molar-refractivity contribution >= 4 is 22.5 Å². The molecule has 154 valence electrons. The minimum Gasteiger partial charge on any atom is -0.352 e. The second-order valence-corrected chi connectivity index (χ2v) is 7.59. The lowest BCUT2D eigenvalue weighted by molar-refractivity contribution is 0.0946. The molecule has 5 rings (SSSR count). The minimum absolute atomic E-state index is 0.201. The van der Waals surface area contributed by atoms with Gasteiger partial charge in [-0.1, -0.05) is 48.5 Å². The fourth-order valence-corrected chi connectivity index (χ4v) is 3.95. The van der Waals surface area contributed by atoms with Crippen LogP contribution in [-0.2, 0) is 19.5 Å². The molecule has 2 aromatic heterocycles. The summed E-state index contributed by atoms with van der Waals surface area (Å²) in [5.74, 6) is 0.585. The van der Waals surface area contributed by atoms with Crippen LogP contribution in [0.1, 0.15) is 27.2 Å². The number of pyridine rings is 1. The first-order chi connectivity index (χ1) is 15.2. The predicted octanol–water partition coefficient (Wildman–Crippen LogP) is 2.81. The van der Waals surface area contributed by atoms with E-state index in [4.69, 9.17) is 0 Å². The van der Waals surface area contributed by atoms with E-state index in [-0.39, 0.29) is 17.2 Å². The first-order valence-corrected chi connectivity index (χ1v) is 10.2. The summed E-state index contributed by atoms with van der Waals surface area (Å²) in [6, 6.07) is 19.4. The summed E-state index contributed by atoms with van der Waals surface area (Å²) in [5, 5.41) is 10.2.